The van der Waals surface area contributed by atoms with E-state index in [2.05, 4.69) is 10.3 Å². The number of fused-ring (bicyclic) bond motifs is 3. The summed E-state index contributed by atoms with van der Waals surface area (Å²) in [4.78, 5) is 51.7. The van der Waals surface area contributed by atoms with Crippen molar-refractivity contribution in [1.29, 1.82) is 0 Å². The highest BCUT2D eigenvalue weighted by Crippen LogP contribution is 2.44. The molecule has 0 atom stereocenters. The molecule has 1 aliphatic carbocycles. The first kappa shape index (κ1) is 32.4. The number of imidazole rings is 1. The summed E-state index contributed by atoms with van der Waals surface area (Å²) in [6.45, 7) is 0.379. The number of nitrogens with zero attached hydrogens (tertiary/aromatic N) is 5. The monoisotopic (exact) mass is 690 g/mol. The normalized spacial score (nSPS) is 15.7. The second kappa shape index (κ2) is 12.4. The molecular formula is C35H30ClF3N6O4. The molecule has 2 aromatic carbocycles. The van der Waals surface area contributed by atoms with Crippen LogP contribution in [0.5, 0.6) is 5.75 Å². The van der Waals surface area contributed by atoms with Gasteiger partial charge in [-0.05, 0) is 62.4 Å². The summed E-state index contributed by atoms with van der Waals surface area (Å²) in [6, 6.07) is 15.0. The van der Waals surface area contributed by atoms with Crippen molar-refractivity contribution in [2.75, 3.05) is 18.4 Å². The van der Waals surface area contributed by atoms with Gasteiger partial charge in [0, 0.05) is 47.7 Å². The highest BCUT2D eigenvalue weighted by atomic mass is 35.5. The fraction of sp³-hybridized carbons (Fsp3) is 0.286. The zero-order valence-electron chi connectivity index (χ0n) is 26.0. The maximum Gasteiger partial charge on any atom is 0.416 e. The molecular weight excluding hydrogens is 661 g/mol. The van der Waals surface area contributed by atoms with Crippen molar-refractivity contribution in [3.8, 4) is 17.0 Å². The number of anilines is 1. The number of alkyl halides is 3. The molecule has 0 unspecified atom stereocenters. The highest BCUT2D eigenvalue weighted by Gasteiger charge is 2.44. The van der Waals surface area contributed by atoms with Gasteiger partial charge in [-0.3, -0.25) is 18.8 Å². The van der Waals surface area contributed by atoms with Crippen LogP contribution in [0.2, 0.25) is 5.02 Å². The van der Waals surface area contributed by atoms with Crippen LogP contribution < -0.4 is 10.9 Å². The van der Waals surface area contributed by atoms with Crippen LogP contribution in [0.4, 0.5) is 18.9 Å². The molecule has 3 aromatic heterocycles. The van der Waals surface area contributed by atoms with Crippen LogP contribution in [-0.2, 0) is 29.4 Å². The zero-order valence-corrected chi connectivity index (χ0v) is 26.8. The second-order valence-electron chi connectivity index (χ2n) is 12.4. The fourth-order valence-electron chi connectivity index (χ4n) is 7.11. The summed E-state index contributed by atoms with van der Waals surface area (Å²) in [5.41, 5.74) is 0.745. The van der Waals surface area contributed by atoms with Crippen LogP contribution in [0.15, 0.2) is 77.9 Å². The maximum absolute atomic E-state index is 14.4. The maximum atomic E-state index is 14.4. The molecule has 10 nitrogen and oxygen atoms in total. The number of nitrogens with one attached hydrogen (secondary N) is 1. The molecule has 5 aromatic rings. The van der Waals surface area contributed by atoms with Gasteiger partial charge in [-0.1, -0.05) is 41.9 Å². The van der Waals surface area contributed by atoms with Crippen molar-refractivity contribution in [2.24, 2.45) is 0 Å². The van der Waals surface area contributed by atoms with E-state index in [-0.39, 0.29) is 40.0 Å². The topological polar surface area (TPSA) is 122 Å². The van der Waals surface area contributed by atoms with Crippen molar-refractivity contribution in [1.82, 2.24) is 23.8 Å². The number of carbonyl (C=O) groups excluding carboxylic acids is 2. The van der Waals surface area contributed by atoms with E-state index in [1.807, 2.05) is 30.3 Å². The van der Waals surface area contributed by atoms with Gasteiger partial charge in [0.25, 0.3) is 11.5 Å². The number of hydrogen-bond acceptors (Lipinski definition) is 6. The Morgan fingerprint density at radius 2 is 1.78 bits per heavy atom. The number of aromatic nitrogens is 4. The Balaban J connectivity index is 1.27. The average Bonchev–Trinajstić information content (AvgIpc) is 3.54. The number of aromatic hydroxyl groups is 1. The number of likely N-dealkylation sites (tertiary alicyclic amines) is 1. The van der Waals surface area contributed by atoms with Gasteiger partial charge in [0.1, 0.15) is 12.3 Å². The first-order valence-corrected chi connectivity index (χ1v) is 16.1. The number of halogens is 4. The van der Waals surface area contributed by atoms with Gasteiger partial charge in [0.15, 0.2) is 5.69 Å². The van der Waals surface area contributed by atoms with Crippen LogP contribution in [0.1, 0.15) is 53.0 Å². The minimum Gasteiger partial charge on any atom is -0.505 e. The summed E-state index contributed by atoms with van der Waals surface area (Å²) in [5, 5.41) is 12.6. The lowest BCUT2D eigenvalue weighted by Crippen LogP contribution is -2.50. The lowest BCUT2D eigenvalue weighted by atomic mass is 9.66. The third kappa shape index (κ3) is 5.92. The number of benzene rings is 2. The van der Waals surface area contributed by atoms with Gasteiger partial charge in [-0.25, -0.2) is 9.97 Å². The average molecular weight is 691 g/mol. The molecule has 7 rings (SSSR count). The molecule has 1 saturated heterocycles. The van der Waals surface area contributed by atoms with Gasteiger partial charge in [0.05, 0.1) is 22.0 Å². The molecule has 252 valence electrons. The molecule has 2 aliphatic rings. The Morgan fingerprint density at radius 3 is 2.47 bits per heavy atom. The van der Waals surface area contributed by atoms with E-state index >= 15 is 0 Å². The number of hydrogen-bond donors (Lipinski definition) is 2. The van der Waals surface area contributed by atoms with E-state index in [1.54, 1.807) is 21.7 Å². The van der Waals surface area contributed by atoms with Crippen molar-refractivity contribution in [3.05, 3.63) is 111 Å². The Labute approximate surface area is 282 Å². The van der Waals surface area contributed by atoms with Gasteiger partial charge in [-0.15, -0.1) is 0 Å². The summed E-state index contributed by atoms with van der Waals surface area (Å²) < 4.78 is 42.8. The number of rotatable bonds is 5. The molecule has 0 radical (unpaired) electrons. The predicted octanol–water partition coefficient (Wildman–Crippen LogP) is 6.08. The third-order valence-electron chi connectivity index (χ3n) is 9.51. The molecule has 2 amide bonds. The van der Waals surface area contributed by atoms with Gasteiger partial charge >= 0.3 is 6.18 Å². The molecule has 4 heterocycles. The van der Waals surface area contributed by atoms with Crippen molar-refractivity contribution in [2.45, 2.75) is 50.2 Å². The van der Waals surface area contributed by atoms with E-state index in [1.165, 1.54) is 16.7 Å². The number of carbonyl (C=O) groups is 2. The fourth-order valence-corrected chi connectivity index (χ4v) is 7.34. The summed E-state index contributed by atoms with van der Waals surface area (Å²) in [5.74, 6) is -0.899. The quantitative estimate of drug-likeness (QED) is 0.231. The number of piperidine rings is 1. The van der Waals surface area contributed by atoms with E-state index < -0.39 is 29.0 Å². The zero-order chi connectivity index (χ0) is 34.5. The SMILES string of the molecule is O=C(Cn1c2c(c(=O)n3cc(-c4ccccc4)nc13)C1(CCC2)CCN(C(=O)c2ncccc2O)CC1)Nc1ccc(C(F)(F)F)cc1Cl. The third-order valence-corrected chi connectivity index (χ3v) is 9.83. The van der Waals surface area contributed by atoms with Gasteiger partial charge < -0.3 is 19.9 Å². The number of pyridine rings is 1. The van der Waals surface area contributed by atoms with Gasteiger partial charge in [-0.2, -0.15) is 13.2 Å². The van der Waals surface area contributed by atoms with Crippen molar-refractivity contribution >= 4 is 34.9 Å². The predicted molar refractivity (Wildman–Crippen MR) is 176 cm³/mol. The lowest BCUT2D eigenvalue weighted by Gasteiger charge is -2.45. The summed E-state index contributed by atoms with van der Waals surface area (Å²) in [7, 11) is 0. The minimum absolute atomic E-state index is 0.0198. The van der Waals surface area contributed by atoms with E-state index in [4.69, 9.17) is 16.6 Å². The molecule has 2 N–H and O–H groups in total. The van der Waals surface area contributed by atoms with Crippen molar-refractivity contribution < 1.29 is 27.9 Å². The lowest BCUT2D eigenvalue weighted by molar-refractivity contribution is -0.137. The van der Waals surface area contributed by atoms with Gasteiger partial charge in [0.2, 0.25) is 11.7 Å². The molecule has 1 aliphatic heterocycles. The van der Waals surface area contributed by atoms with Crippen LogP contribution in [0, 0.1) is 0 Å². The van der Waals surface area contributed by atoms with Crippen LogP contribution in [0.3, 0.4) is 0 Å². The smallest absolute Gasteiger partial charge is 0.416 e. The van der Waals surface area contributed by atoms with E-state index in [9.17, 15) is 32.7 Å². The molecule has 1 fully saturated rings. The minimum atomic E-state index is -4.59. The van der Waals surface area contributed by atoms with E-state index in [0.717, 1.165) is 30.2 Å². The highest BCUT2D eigenvalue weighted by molar-refractivity contribution is 6.33. The largest absolute Gasteiger partial charge is 0.505 e. The number of amides is 2. The first-order chi connectivity index (χ1) is 23.4. The Hall–Kier alpha value is -5.17. The van der Waals surface area contributed by atoms with Crippen LogP contribution >= 0.6 is 11.6 Å². The van der Waals surface area contributed by atoms with Crippen LogP contribution in [-0.4, -0.2) is 53.8 Å². The second-order valence-corrected chi connectivity index (χ2v) is 12.8. The van der Waals surface area contributed by atoms with E-state index in [0.29, 0.717) is 55.7 Å². The molecule has 49 heavy (non-hydrogen) atoms. The summed E-state index contributed by atoms with van der Waals surface area (Å²) >= 11 is 6.14. The Bertz CT molecular complexity index is 2160. The Kier molecular flexibility index (Phi) is 8.18. The van der Waals surface area contributed by atoms with Crippen molar-refractivity contribution in [3.63, 3.8) is 0 Å². The molecule has 1 spiro atoms. The van der Waals surface area contributed by atoms with Crippen LogP contribution in [0.25, 0.3) is 17.0 Å². The summed E-state index contributed by atoms with van der Waals surface area (Å²) in [6.07, 6.45) is 1.38. The molecule has 0 saturated carbocycles. The Morgan fingerprint density at radius 1 is 1.02 bits per heavy atom. The molecule has 14 heteroatoms. The standard InChI is InChI=1S/C35H30ClF3N6O4/c36-23-18-22(35(37,38)39)10-11-24(23)41-28(47)20-44-26-8-4-12-34(13-16-43(17-14-34)32(49)30-27(46)9-5-15-40-30)29(26)31(48)45-19-25(42-33(44)45)21-6-2-1-3-7-21/h1-3,5-7,9-11,15,18-19,46H,4,8,12-14,16-17,20H2,(H,41,47). The molecule has 0 bridgehead atoms. The first-order valence-electron chi connectivity index (χ1n) is 15.8.